The van der Waals surface area contributed by atoms with E-state index in [0.29, 0.717) is 0 Å². The van der Waals surface area contributed by atoms with Crippen molar-refractivity contribution in [3.63, 3.8) is 0 Å². The summed E-state index contributed by atoms with van der Waals surface area (Å²) in [6, 6.07) is 4.33. The Morgan fingerprint density at radius 3 is 2.94 bits per heavy atom. The number of hydrogen-bond acceptors (Lipinski definition) is 3. The molecule has 18 heavy (non-hydrogen) atoms. The molecule has 100 valence electrons. The summed E-state index contributed by atoms with van der Waals surface area (Å²) in [7, 11) is 0. The number of hydrogen-bond donors (Lipinski definition) is 1. The fraction of sp³-hybridized carbons (Fsp3) is 0.733. The smallest absolute Gasteiger partial charge is 0.105 e. The molecule has 1 aliphatic carbocycles. The van der Waals surface area contributed by atoms with Gasteiger partial charge in [0.05, 0.1) is 5.60 Å². The van der Waals surface area contributed by atoms with Gasteiger partial charge in [0.15, 0.2) is 0 Å². The molecule has 0 amide bonds. The first-order chi connectivity index (χ1) is 8.81. The Balaban J connectivity index is 1.67. The van der Waals surface area contributed by atoms with Gasteiger partial charge < -0.3 is 10.1 Å². The third-order valence-electron chi connectivity index (χ3n) is 4.62. The van der Waals surface area contributed by atoms with E-state index in [1.54, 1.807) is 0 Å². The molecule has 2 aliphatic rings. The summed E-state index contributed by atoms with van der Waals surface area (Å²) in [6.07, 6.45) is 6.76. The lowest BCUT2D eigenvalue weighted by atomic mass is 9.77. The standard InChI is InChI=1S/C15H23NOS/c1-2-12-5-7-15(8-6-12)11-16-10-13(17-15)14-4-3-9-18-14/h3-4,9,12-13,16H,2,5-8,10-11H2,1H3. The van der Waals surface area contributed by atoms with Gasteiger partial charge in [-0.15, -0.1) is 11.3 Å². The van der Waals surface area contributed by atoms with Gasteiger partial charge >= 0.3 is 0 Å². The van der Waals surface area contributed by atoms with Crippen LogP contribution in [0.1, 0.15) is 50.0 Å². The van der Waals surface area contributed by atoms with Gasteiger partial charge in [0, 0.05) is 18.0 Å². The molecule has 0 bridgehead atoms. The van der Waals surface area contributed by atoms with Crippen LogP contribution in [-0.2, 0) is 4.74 Å². The summed E-state index contributed by atoms with van der Waals surface area (Å²) in [5, 5.41) is 5.74. The molecule has 1 unspecified atom stereocenters. The molecule has 1 saturated heterocycles. The fourth-order valence-electron chi connectivity index (χ4n) is 3.36. The summed E-state index contributed by atoms with van der Waals surface area (Å²) in [6.45, 7) is 4.34. The van der Waals surface area contributed by atoms with Crippen molar-refractivity contribution in [2.45, 2.75) is 50.7 Å². The first-order valence-electron chi connectivity index (χ1n) is 7.23. The number of ether oxygens (including phenoxy) is 1. The Hall–Kier alpha value is -0.380. The maximum atomic E-state index is 6.50. The minimum Gasteiger partial charge on any atom is -0.364 e. The molecule has 3 heteroatoms. The van der Waals surface area contributed by atoms with Crippen LogP contribution in [-0.4, -0.2) is 18.7 Å². The molecule has 1 atom stereocenters. The Morgan fingerprint density at radius 2 is 2.28 bits per heavy atom. The van der Waals surface area contributed by atoms with E-state index in [-0.39, 0.29) is 11.7 Å². The van der Waals surface area contributed by atoms with Crippen LogP contribution < -0.4 is 5.32 Å². The maximum absolute atomic E-state index is 6.50. The largest absolute Gasteiger partial charge is 0.364 e. The van der Waals surface area contributed by atoms with E-state index in [9.17, 15) is 0 Å². The van der Waals surface area contributed by atoms with Crippen molar-refractivity contribution in [1.29, 1.82) is 0 Å². The highest BCUT2D eigenvalue weighted by Gasteiger charge is 2.40. The van der Waals surface area contributed by atoms with Gasteiger partial charge in [-0.3, -0.25) is 0 Å². The minimum absolute atomic E-state index is 0.124. The van der Waals surface area contributed by atoms with Gasteiger partial charge in [-0.05, 0) is 43.0 Å². The lowest BCUT2D eigenvalue weighted by Crippen LogP contribution is -2.52. The normalized spacial score (nSPS) is 36.9. The average molecular weight is 265 g/mol. The quantitative estimate of drug-likeness (QED) is 0.879. The maximum Gasteiger partial charge on any atom is 0.105 e. The van der Waals surface area contributed by atoms with Gasteiger partial charge in [0.25, 0.3) is 0 Å². The Kier molecular flexibility index (Phi) is 3.73. The fourth-order valence-corrected chi connectivity index (χ4v) is 4.11. The van der Waals surface area contributed by atoms with Crippen LogP contribution in [0.2, 0.25) is 0 Å². The van der Waals surface area contributed by atoms with Crippen molar-refractivity contribution in [3.05, 3.63) is 22.4 Å². The Morgan fingerprint density at radius 1 is 1.44 bits per heavy atom. The number of thiophene rings is 1. The zero-order valence-corrected chi connectivity index (χ0v) is 12.0. The summed E-state index contributed by atoms with van der Waals surface area (Å²) >= 11 is 1.82. The lowest BCUT2D eigenvalue weighted by Gasteiger charge is -2.45. The SMILES string of the molecule is CCC1CCC2(CC1)CNCC(c1cccs1)O2. The minimum atomic E-state index is 0.124. The zero-order chi connectivity index (χ0) is 12.4. The van der Waals surface area contributed by atoms with E-state index < -0.39 is 0 Å². The monoisotopic (exact) mass is 265 g/mol. The second kappa shape index (κ2) is 5.32. The summed E-state index contributed by atoms with van der Waals surface area (Å²) in [5.74, 6) is 0.932. The first-order valence-corrected chi connectivity index (χ1v) is 8.11. The molecule has 0 radical (unpaired) electrons. The van der Waals surface area contributed by atoms with Crippen molar-refractivity contribution in [2.24, 2.45) is 5.92 Å². The molecular weight excluding hydrogens is 242 g/mol. The molecule has 0 aromatic carbocycles. The highest BCUT2D eigenvalue weighted by molar-refractivity contribution is 7.10. The molecule has 2 fully saturated rings. The third kappa shape index (κ3) is 2.49. The van der Waals surface area contributed by atoms with Crippen LogP contribution in [0.4, 0.5) is 0 Å². The molecule has 2 heterocycles. The molecule has 2 nitrogen and oxygen atoms in total. The summed E-state index contributed by atoms with van der Waals surface area (Å²) in [4.78, 5) is 1.37. The van der Waals surface area contributed by atoms with E-state index >= 15 is 0 Å². The van der Waals surface area contributed by atoms with E-state index in [1.165, 1.54) is 37.0 Å². The number of nitrogens with one attached hydrogen (secondary N) is 1. The predicted octanol–water partition coefficient (Wildman–Crippen LogP) is 3.75. The van der Waals surface area contributed by atoms with Gasteiger partial charge in [0.2, 0.25) is 0 Å². The summed E-state index contributed by atoms with van der Waals surface area (Å²) < 4.78 is 6.50. The molecule has 1 N–H and O–H groups in total. The van der Waals surface area contributed by atoms with E-state index in [1.807, 2.05) is 11.3 Å². The molecule has 1 spiro atoms. The first kappa shape index (κ1) is 12.6. The zero-order valence-electron chi connectivity index (χ0n) is 11.2. The van der Waals surface area contributed by atoms with E-state index in [0.717, 1.165) is 19.0 Å². The van der Waals surface area contributed by atoms with Gasteiger partial charge in [-0.25, -0.2) is 0 Å². The number of morpholine rings is 1. The molecular formula is C15H23NOS. The van der Waals surface area contributed by atoms with Crippen LogP contribution in [0.3, 0.4) is 0 Å². The topological polar surface area (TPSA) is 21.3 Å². The van der Waals surface area contributed by atoms with Crippen LogP contribution in [0.5, 0.6) is 0 Å². The van der Waals surface area contributed by atoms with Crippen molar-refractivity contribution < 1.29 is 4.74 Å². The van der Waals surface area contributed by atoms with Crippen molar-refractivity contribution in [1.82, 2.24) is 5.32 Å². The number of rotatable bonds is 2. The lowest BCUT2D eigenvalue weighted by molar-refractivity contribution is -0.140. The Labute approximate surface area is 114 Å². The van der Waals surface area contributed by atoms with Crippen LogP contribution in [0, 0.1) is 5.92 Å². The van der Waals surface area contributed by atoms with Gasteiger partial charge in [0.1, 0.15) is 6.10 Å². The van der Waals surface area contributed by atoms with Gasteiger partial charge in [-0.1, -0.05) is 19.4 Å². The average Bonchev–Trinajstić information content (AvgIpc) is 2.94. The third-order valence-corrected chi connectivity index (χ3v) is 5.59. The van der Waals surface area contributed by atoms with Crippen LogP contribution in [0.15, 0.2) is 17.5 Å². The van der Waals surface area contributed by atoms with E-state index in [2.05, 4.69) is 29.8 Å². The van der Waals surface area contributed by atoms with Crippen LogP contribution in [0.25, 0.3) is 0 Å². The van der Waals surface area contributed by atoms with Gasteiger partial charge in [-0.2, -0.15) is 0 Å². The Bertz CT molecular complexity index is 368. The summed E-state index contributed by atoms with van der Waals surface area (Å²) in [5.41, 5.74) is 0.124. The molecule has 1 aliphatic heterocycles. The predicted molar refractivity (Wildman–Crippen MR) is 76.0 cm³/mol. The van der Waals surface area contributed by atoms with E-state index in [4.69, 9.17) is 4.74 Å². The highest BCUT2D eigenvalue weighted by Crippen LogP contribution is 2.41. The second-order valence-electron chi connectivity index (χ2n) is 5.79. The molecule has 1 aromatic heterocycles. The molecule has 1 aromatic rings. The molecule has 1 saturated carbocycles. The van der Waals surface area contributed by atoms with Crippen molar-refractivity contribution >= 4 is 11.3 Å². The second-order valence-corrected chi connectivity index (χ2v) is 6.77. The van der Waals surface area contributed by atoms with Crippen LogP contribution >= 0.6 is 11.3 Å². The van der Waals surface area contributed by atoms with Crippen molar-refractivity contribution in [2.75, 3.05) is 13.1 Å². The molecule has 3 rings (SSSR count). The highest BCUT2D eigenvalue weighted by atomic mass is 32.1. The van der Waals surface area contributed by atoms with Crippen molar-refractivity contribution in [3.8, 4) is 0 Å².